The zero-order valence-corrected chi connectivity index (χ0v) is 13.1. The topological polar surface area (TPSA) is 83.8 Å². The van der Waals surface area contributed by atoms with E-state index >= 15 is 0 Å². The Kier molecular flexibility index (Phi) is 4.35. The van der Waals surface area contributed by atoms with Crippen molar-refractivity contribution in [3.63, 3.8) is 0 Å². The normalized spacial score (nSPS) is 12.7. The van der Waals surface area contributed by atoms with Crippen molar-refractivity contribution in [1.82, 2.24) is 15.5 Å². The molecule has 0 bridgehead atoms. The molecule has 5 nitrogen and oxygen atoms in total. The van der Waals surface area contributed by atoms with Gasteiger partial charge in [-0.05, 0) is 25.0 Å². The second-order valence-electron chi connectivity index (χ2n) is 4.89. The number of thiophene rings is 1. The van der Waals surface area contributed by atoms with Crippen LogP contribution in [0.4, 0.5) is 5.69 Å². The van der Waals surface area contributed by atoms with Crippen LogP contribution in [0.2, 0.25) is 4.34 Å². The number of hydrogen-bond donors (Lipinski definition) is 3. The van der Waals surface area contributed by atoms with Gasteiger partial charge in [-0.25, -0.2) is 0 Å². The Morgan fingerprint density at radius 1 is 1.45 bits per heavy atom. The third-order valence-electron chi connectivity index (χ3n) is 2.99. The maximum absolute atomic E-state index is 12.2. The molecule has 4 N–H and O–H groups in total. The van der Waals surface area contributed by atoms with Crippen molar-refractivity contribution >= 4 is 34.5 Å². The van der Waals surface area contributed by atoms with Gasteiger partial charge in [-0.1, -0.05) is 25.4 Å². The third kappa shape index (κ3) is 2.96. The number of nitrogens with zero attached hydrogens (tertiary/aromatic N) is 1. The van der Waals surface area contributed by atoms with Crippen molar-refractivity contribution in [2.24, 2.45) is 0 Å². The molecule has 1 amide bonds. The Morgan fingerprint density at radius 2 is 2.15 bits per heavy atom. The van der Waals surface area contributed by atoms with E-state index in [9.17, 15) is 4.79 Å². The predicted molar refractivity (Wildman–Crippen MR) is 82.3 cm³/mol. The smallest absolute Gasteiger partial charge is 0.274 e. The maximum atomic E-state index is 12.2. The molecule has 2 rings (SSSR count). The summed E-state index contributed by atoms with van der Waals surface area (Å²) in [4.78, 5) is 13.2. The summed E-state index contributed by atoms with van der Waals surface area (Å²) in [5.74, 6) is -0.0970. The quantitative estimate of drug-likeness (QED) is 0.809. The van der Waals surface area contributed by atoms with Gasteiger partial charge >= 0.3 is 0 Å². The van der Waals surface area contributed by atoms with Crippen LogP contribution in [0.15, 0.2) is 12.1 Å². The number of amides is 1. The van der Waals surface area contributed by atoms with Crippen LogP contribution in [0, 0.1) is 0 Å². The number of halogens is 1. The lowest BCUT2D eigenvalue weighted by molar-refractivity contribution is 0.0936. The Morgan fingerprint density at radius 3 is 2.65 bits per heavy atom. The molecule has 0 aliphatic heterocycles. The molecule has 2 heterocycles. The number of aromatic amines is 1. The monoisotopic (exact) mass is 312 g/mol. The fraction of sp³-hybridized carbons (Fsp3) is 0.385. The van der Waals surface area contributed by atoms with Crippen molar-refractivity contribution in [1.29, 1.82) is 0 Å². The van der Waals surface area contributed by atoms with Gasteiger partial charge in [-0.2, -0.15) is 5.10 Å². The summed E-state index contributed by atoms with van der Waals surface area (Å²) in [5, 5.41) is 9.69. The number of anilines is 1. The second-order valence-corrected chi connectivity index (χ2v) is 6.64. The van der Waals surface area contributed by atoms with E-state index in [1.807, 2.05) is 32.9 Å². The Hall–Kier alpha value is -1.53. The highest BCUT2D eigenvalue weighted by atomic mass is 35.5. The molecule has 2 aromatic rings. The number of H-pyrrole nitrogens is 1. The number of aromatic nitrogens is 2. The largest absolute Gasteiger partial charge is 0.395 e. The number of nitrogens with two attached hydrogens (primary N) is 1. The van der Waals surface area contributed by atoms with E-state index in [1.54, 1.807) is 0 Å². The van der Waals surface area contributed by atoms with Gasteiger partial charge in [0.15, 0.2) is 5.69 Å². The lowest BCUT2D eigenvalue weighted by Gasteiger charge is -2.11. The average Bonchev–Trinajstić information content (AvgIpc) is 2.95. The van der Waals surface area contributed by atoms with Crippen LogP contribution in [0.25, 0.3) is 0 Å². The number of carbonyl (C=O) groups is 1. The summed E-state index contributed by atoms with van der Waals surface area (Å²) in [6.07, 6.45) is 0. The van der Waals surface area contributed by atoms with E-state index in [0.717, 1.165) is 10.6 Å². The van der Waals surface area contributed by atoms with E-state index in [0.29, 0.717) is 10.0 Å². The van der Waals surface area contributed by atoms with E-state index in [1.165, 1.54) is 11.3 Å². The van der Waals surface area contributed by atoms with Crippen LogP contribution in [0.1, 0.15) is 53.8 Å². The van der Waals surface area contributed by atoms with Crippen molar-refractivity contribution in [2.75, 3.05) is 5.73 Å². The lowest BCUT2D eigenvalue weighted by Crippen LogP contribution is -2.27. The first kappa shape index (κ1) is 14.9. The molecule has 1 unspecified atom stereocenters. The number of nitrogens with one attached hydrogen (secondary N) is 2. The van der Waals surface area contributed by atoms with Crippen molar-refractivity contribution in [2.45, 2.75) is 32.7 Å². The molecule has 20 heavy (non-hydrogen) atoms. The van der Waals surface area contributed by atoms with Crippen LogP contribution in [0.3, 0.4) is 0 Å². The molecular formula is C13H17ClN4OS. The molecule has 0 aliphatic carbocycles. The SMILES string of the molecule is CC(C)c1[nH]nc(C(=O)NC(C)c2ccc(Cl)s2)c1N. The van der Waals surface area contributed by atoms with Gasteiger partial charge in [-0.3, -0.25) is 9.89 Å². The minimum atomic E-state index is -0.289. The van der Waals surface area contributed by atoms with Crippen LogP contribution in [-0.4, -0.2) is 16.1 Å². The van der Waals surface area contributed by atoms with Gasteiger partial charge < -0.3 is 11.1 Å². The van der Waals surface area contributed by atoms with E-state index in [2.05, 4.69) is 15.5 Å². The summed E-state index contributed by atoms with van der Waals surface area (Å²) in [6, 6.07) is 3.56. The van der Waals surface area contributed by atoms with Crippen molar-refractivity contribution < 1.29 is 4.79 Å². The number of hydrogen-bond acceptors (Lipinski definition) is 4. The zero-order valence-electron chi connectivity index (χ0n) is 11.5. The third-order valence-corrected chi connectivity index (χ3v) is 4.41. The van der Waals surface area contributed by atoms with Crippen LogP contribution in [-0.2, 0) is 0 Å². The lowest BCUT2D eigenvalue weighted by atomic mass is 10.1. The standard InChI is InChI=1S/C13H17ClN4OS/c1-6(2)11-10(15)12(18-17-11)13(19)16-7(3)8-4-5-9(14)20-8/h4-7H,15H2,1-3H3,(H,16,19)(H,17,18). The average molecular weight is 313 g/mol. The Balaban J connectivity index is 2.12. The summed E-state index contributed by atoms with van der Waals surface area (Å²) < 4.78 is 0.697. The van der Waals surface area contributed by atoms with E-state index < -0.39 is 0 Å². The van der Waals surface area contributed by atoms with E-state index in [-0.39, 0.29) is 23.6 Å². The van der Waals surface area contributed by atoms with Crippen molar-refractivity contribution in [3.05, 3.63) is 32.7 Å². The highest BCUT2D eigenvalue weighted by molar-refractivity contribution is 7.16. The summed E-state index contributed by atoms with van der Waals surface area (Å²) in [6.45, 7) is 5.87. The first-order valence-electron chi connectivity index (χ1n) is 6.30. The molecule has 0 aliphatic rings. The Labute approximate surface area is 126 Å². The van der Waals surface area contributed by atoms with Crippen LogP contribution >= 0.6 is 22.9 Å². The molecule has 0 saturated heterocycles. The van der Waals surface area contributed by atoms with Gasteiger partial charge in [0.05, 0.1) is 21.8 Å². The molecule has 0 fully saturated rings. The first-order valence-corrected chi connectivity index (χ1v) is 7.49. The molecule has 1 atom stereocenters. The molecule has 0 radical (unpaired) electrons. The van der Waals surface area contributed by atoms with Crippen molar-refractivity contribution in [3.8, 4) is 0 Å². The minimum absolute atomic E-state index is 0.140. The molecule has 2 aromatic heterocycles. The fourth-order valence-electron chi connectivity index (χ4n) is 1.87. The predicted octanol–water partition coefficient (Wildman–Crippen LogP) is 3.32. The molecule has 0 saturated carbocycles. The molecule has 108 valence electrons. The maximum Gasteiger partial charge on any atom is 0.274 e. The van der Waals surface area contributed by atoms with Gasteiger partial charge in [0.25, 0.3) is 5.91 Å². The number of rotatable bonds is 4. The molecule has 7 heteroatoms. The van der Waals surface area contributed by atoms with Gasteiger partial charge in [0, 0.05) is 4.88 Å². The summed E-state index contributed by atoms with van der Waals surface area (Å²) in [7, 11) is 0. The number of nitrogen functional groups attached to an aromatic ring is 1. The Bertz CT molecular complexity index is 620. The molecular weight excluding hydrogens is 296 g/mol. The first-order chi connectivity index (χ1) is 9.40. The zero-order chi connectivity index (χ0) is 14.9. The molecule has 0 spiro atoms. The van der Waals surface area contributed by atoms with Gasteiger partial charge in [-0.15, -0.1) is 11.3 Å². The van der Waals surface area contributed by atoms with Gasteiger partial charge in [0.1, 0.15) is 0 Å². The second kappa shape index (κ2) is 5.85. The van der Waals surface area contributed by atoms with Crippen LogP contribution in [0.5, 0.6) is 0 Å². The van der Waals surface area contributed by atoms with E-state index in [4.69, 9.17) is 17.3 Å². The minimum Gasteiger partial charge on any atom is -0.395 e. The fourth-order valence-corrected chi connectivity index (χ4v) is 2.94. The summed E-state index contributed by atoms with van der Waals surface area (Å²) in [5.41, 5.74) is 7.38. The van der Waals surface area contributed by atoms with Gasteiger partial charge in [0.2, 0.25) is 0 Å². The highest BCUT2D eigenvalue weighted by Crippen LogP contribution is 2.27. The highest BCUT2D eigenvalue weighted by Gasteiger charge is 2.21. The van der Waals surface area contributed by atoms with Crippen LogP contribution < -0.4 is 11.1 Å². The molecule has 0 aromatic carbocycles. The summed E-state index contributed by atoms with van der Waals surface area (Å²) >= 11 is 7.33. The number of carbonyl (C=O) groups excluding carboxylic acids is 1.